The number of phenolic OH excluding ortho intramolecular Hbond substituents is 1. The van der Waals surface area contributed by atoms with Crippen molar-refractivity contribution in [2.24, 2.45) is 5.92 Å². The molecule has 0 bridgehead atoms. The number of hydrogen-bond acceptors (Lipinski definition) is 4. The second-order valence-corrected chi connectivity index (χ2v) is 9.36. The van der Waals surface area contributed by atoms with Crippen molar-refractivity contribution in [1.82, 2.24) is 4.90 Å². The third-order valence-corrected chi connectivity index (χ3v) is 7.17. The minimum Gasteiger partial charge on any atom is -0.508 e. The van der Waals surface area contributed by atoms with Crippen molar-refractivity contribution in [3.8, 4) is 17.2 Å². The largest absolute Gasteiger partial charge is 0.508 e. The number of allylic oxidation sites excluding steroid dienone is 1. The van der Waals surface area contributed by atoms with E-state index < -0.39 is 0 Å². The minimum absolute atomic E-state index is 0.232. The number of ether oxygens (including phenoxy) is 2. The summed E-state index contributed by atoms with van der Waals surface area (Å²) in [4.78, 5) is 2.51. The van der Waals surface area contributed by atoms with Crippen LogP contribution in [0.4, 0.5) is 0 Å². The first kappa shape index (κ1) is 22.5. The van der Waals surface area contributed by atoms with Gasteiger partial charge < -0.3 is 14.6 Å². The standard InChI is InChI=1S/C30H33NO3/c1-3-22-15-16-31(20-22)17-18-33-26-12-9-24(10-13-26)30-29(23-7-5-4-6-8-23)21(2)27-19-25(32)11-14-28(27)34-30/h4-14,19,22,30,32H,3,15-18,20H2,1-2H3/t22-,30?/m1/s1. The highest BCUT2D eigenvalue weighted by Gasteiger charge is 2.29. The lowest BCUT2D eigenvalue weighted by atomic mass is 9.86. The van der Waals surface area contributed by atoms with E-state index in [1.165, 1.54) is 25.9 Å². The first-order valence-corrected chi connectivity index (χ1v) is 12.3. The second kappa shape index (κ2) is 9.94. The molecule has 2 aliphatic heterocycles. The number of aromatic hydroxyl groups is 1. The summed E-state index contributed by atoms with van der Waals surface area (Å²) in [5.74, 6) is 2.77. The number of benzene rings is 3. The highest BCUT2D eigenvalue weighted by molar-refractivity contribution is 5.95. The Balaban J connectivity index is 1.35. The Morgan fingerprint density at radius 3 is 2.56 bits per heavy atom. The molecule has 3 aromatic carbocycles. The SMILES string of the molecule is CC[C@@H]1CCN(CCOc2ccc(C3Oc4ccc(O)cc4C(C)=C3c3ccccc3)cc2)C1. The van der Waals surface area contributed by atoms with Crippen molar-refractivity contribution in [1.29, 1.82) is 0 Å². The first-order chi connectivity index (χ1) is 16.6. The molecular weight excluding hydrogens is 422 g/mol. The summed E-state index contributed by atoms with van der Waals surface area (Å²) in [6.45, 7) is 8.46. The maximum Gasteiger partial charge on any atom is 0.150 e. The van der Waals surface area contributed by atoms with Gasteiger partial charge in [-0.2, -0.15) is 0 Å². The van der Waals surface area contributed by atoms with Gasteiger partial charge in [0, 0.05) is 24.2 Å². The number of hydrogen-bond donors (Lipinski definition) is 1. The molecule has 1 saturated heterocycles. The molecule has 0 saturated carbocycles. The van der Waals surface area contributed by atoms with E-state index in [1.54, 1.807) is 12.1 Å². The summed E-state index contributed by atoms with van der Waals surface area (Å²) < 4.78 is 12.6. The van der Waals surface area contributed by atoms with E-state index in [0.717, 1.165) is 51.8 Å². The summed E-state index contributed by atoms with van der Waals surface area (Å²) in [7, 11) is 0. The van der Waals surface area contributed by atoms with E-state index in [0.29, 0.717) is 6.61 Å². The van der Waals surface area contributed by atoms with Crippen LogP contribution in [0.3, 0.4) is 0 Å². The Labute approximate surface area is 202 Å². The summed E-state index contributed by atoms with van der Waals surface area (Å²) in [6.07, 6.45) is 2.35. The van der Waals surface area contributed by atoms with Crippen LogP contribution in [-0.4, -0.2) is 36.2 Å². The third kappa shape index (κ3) is 4.69. The molecule has 34 heavy (non-hydrogen) atoms. The van der Waals surface area contributed by atoms with Crippen LogP contribution in [0, 0.1) is 5.92 Å². The normalized spacial score (nSPS) is 20.2. The summed E-state index contributed by atoms with van der Waals surface area (Å²) in [6, 6.07) is 23.9. The topological polar surface area (TPSA) is 41.9 Å². The lowest BCUT2D eigenvalue weighted by Crippen LogP contribution is -2.26. The lowest BCUT2D eigenvalue weighted by Gasteiger charge is -2.31. The molecule has 0 aliphatic carbocycles. The molecule has 0 radical (unpaired) electrons. The minimum atomic E-state index is -0.232. The molecule has 5 rings (SSSR count). The van der Waals surface area contributed by atoms with Crippen LogP contribution < -0.4 is 9.47 Å². The van der Waals surface area contributed by atoms with Crippen molar-refractivity contribution in [3.63, 3.8) is 0 Å². The van der Waals surface area contributed by atoms with Gasteiger partial charge >= 0.3 is 0 Å². The molecule has 1 unspecified atom stereocenters. The van der Waals surface area contributed by atoms with Crippen molar-refractivity contribution in [2.75, 3.05) is 26.2 Å². The van der Waals surface area contributed by atoms with Gasteiger partial charge in [-0.15, -0.1) is 0 Å². The van der Waals surface area contributed by atoms with Gasteiger partial charge in [0.1, 0.15) is 30.0 Å². The van der Waals surface area contributed by atoms with E-state index in [-0.39, 0.29) is 11.9 Å². The van der Waals surface area contributed by atoms with E-state index in [2.05, 4.69) is 43.0 Å². The molecule has 2 aliphatic rings. The van der Waals surface area contributed by atoms with Gasteiger partial charge in [-0.25, -0.2) is 0 Å². The van der Waals surface area contributed by atoms with E-state index >= 15 is 0 Å². The molecule has 176 valence electrons. The van der Waals surface area contributed by atoms with Crippen LogP contribution >= 0.6 is 0 Å². The molecule has 1 N–H and O–H groups in total. The van der Waals surface area contributed by atoms with Crippen molar-refractivity contribution < 1.29 is 14.6 Å². The zero-order chi connectivity index (χ0) is 23.5. The maximum atomic E-state index is 10.0. The van der Waals surface area contributed by atoms with Gasteiger partial charge in [0.15, 0.2) is 0 Å². The van der Waals surface area contributed by atoms with Crippen molar-refractivity contribution in [2.45, 2.75) is 32.8 Å². The summed E-state index contributed by atoms with van der Waals surface area (Å²) in [5.41, 5.74) is 5.36. The van der Waals surface area contributed by atoms with Gasteiger partial charge in [-0.3, -0.25) is 4.90 Å². The average Bonchev–Trinajstić information content (AvgIpc) is 3.33. The van der Waals surface area contributed by atoms with Gasteiger partial charge in [-0.1, -0.05) is 55.8 Å². The number of rotatable bonds is 7. The Bertz CT molecular complexity index is 1150. The van der Waals surface area contributed by atoms with E-state index in [4.69, 9.17) is 9.47 Å². The highest BCUT2D eigenvalue weighted by Crippen LogP contribution is 2.47. The van der Waals surface area contributed by atoms with Gasteiger partial charge in [0.25, 0.3) is 0 Å². The molecule has 4 nitrogen and oxygen atoms in total. The van der Waals surface area contributed by atoms with Crippen LogP contribution in [0.25, 0.3) is 11.1 Å². The maximum absolute atomic E-state index is 10.0. The van der Waals surface area contributed by atoms with Crippen LogP contribution in [0.2, 0.25) is 0 Å². The fraction of sp³-hybridized carbons (Fsp3) is 0.333. The van der Waals surface area contributed by atoms with Crippen molar-refractivity contribution in [3.05, 3.63) is 89.5 Å². The van der Waals surface area contributed by atoms with Crippen molar-refractivity contribution >= 4 is 11.1 Å². The lowest BCUT2D eigenvalue weighted by molar-refractivity contribution is 0.232. The molecule has 2 heterocycles. The number of likely N-dealkylation sites (tertiary alicyclic amines) is 1. The fourth-order valence-corrected chi connectivity index (χ4v) is 5.14. The molecule has 2 atom stereocenters. The molecule has 0 aromatic heterocycles. The van der Waals surface area contributed by atoms with Gasteiger partial charge in [0.05, 0.1) is 0 Å². The summed E-state index contributed by atoms with van der Waals surface area (Å²) in [5, 5.41) is 10.0. The summed E-state index contributed by atoms with van der Waals surface area (Å²) >= 11 is 0. The Morgan fingerprint density at radius 2 is 1.82 bits per heavy atom. The molecular formula is C30H33NO3. The zero-order valence-electron chi connectivity index (χ0n) is 20.0. The zero-order valence-corrected chi connectivity index (χ0v) is 20.0. The number of fused-ring (bicyclic) bond motifs is 1. The van der Waals surface area contributed by atoms with E-state index in [1.807, 2.05) is 36.4 Å². The fourth-order valence-electron chi connectivity index (χ4n) is 5.14. The second-order valence-electron chi connectivity index (χ2n) is 9.36. The molecule has 3 aromatic rings. The Morgan fingerprint density at radius 1 is 1.03 bits per heavy atom. The van der Waals surface area contributed by atoms with Gasteiger partial charge in [0.2, 0.25) is 0 Å². The molecule has 0 spiro atoms. The Kier molecular flexibility index (Phi) is 6.59. The predicted octanol–water partition coefficient (Wildman–Crippen LogP) is 6.57. The average molecular weight is 456 g/mol. The monoisotopic (exact) mass is 455 g/mol. The quantitative estimate of drug-likeness (QED) is 0.438. The highest BCUT2D eigenvalue weighted by atomic mass is 16.5. The third-order valence-electron chi connectivity index (χ3n) is 7.17. The Hall–Kier alpha value is -3.24. The van der Waals surface area contributed by atoms with Crippen LogP contribution in [0.5, 0.6) is 17.2 Å². The van der Waals surface area contributed by atoms with Crippen LogP contribution in [0.15, 0.2) is 72.8 Å². The van der Waals surface area contributed by atoms with Crippen LogP contribution in [0.1, 0.15) is 49.5 Å². The van der Waals surface area contributed by atoms with Gasteiger partial charge in [-0.05, 0) is 72.8 Å². The predicted molar refractivity (Wildman–Crippen MR) is 137 cm³/mol. The molecule has 1 fully saturated rings. The number of phenols is 1. The molecule has 0 amide bonds. The number of nitrogens with zero attached hydrogens (tertiary/aromatic N) is 1. The molecule has 4 heteroatoms. The smallest absolute Gasteiger partial charge is 0.150 e. The van der Waals surface area contributed by atoms with E-state index in [9.17, 15) is 5.11 Å². The van der Waals surface area contributed by atoms with Crippen LogP contribution in [-0.2, 0) is 0 Å². The first-order valence-electron chi connectivity index (χ1n) is 12.3.